The Labute approximate surface area is 107 Å². The third-order valence-electron chi connectivity index (χ3n) is 2.72. The van der Waals surface area contributed by atoms with Gasteiger partial charge in [-0.15, -0.1) is 10.2 Å². The van der Waals surface area contributed by atoms with Crippen LogP contribution in [-0.2, 0) is 13.0 Å². The van der Waals surface area contributed by atoms with Crippen molar-refractivity contribution in [2.75, 3.05) is 0 Å². The zero-order valence-electron chi connectivity index (χ0n) is 11.0. The predicted molar refractivity (Wildman–Crippen MR) is 68.5 cm³/mol. The summed E-state index contributed by atoms with van der Waals surface area (Å²) in [4.78, 5) is 0. The highest BCUT2D eigenvalue weighted by Crippen LogP contribution is 2.19. The molecule has 0 amide bonds. The van der Waals surface area contributed by atoms with Crippen molar-refractivity contribution < 1.29 is 9.15 Å². The van der Waals surface area contributed by atoms with Gasteiger partial charge in [0.05, 0.1) is 0 Å². The van der Waals surface area contributed by atoms with Gasteiger partial charge in [-0.05, 0) is 23.6 Å². The smallest absolute Gasteiger partial charge is 0.253 e. The predicted octanol–water partition coefficient (Wildman–Crippen LogP) is 3.33. The van der Waals surface area contributed by atoms with Crippen molar-refractivity contribution in [2.24, 2.45) is 0 Å². The molecular formula is C14H18N2O2. The molecule has 0 saturated carbocycles. The lowest BCUT2D eigenvalue weighted by Gasteiger charge is -2.07. The number of ether oxygens (including phenoxy) is 1. The highest BCUT2D eigenvalue weighted by atomic mass is 16.5. The van der Waals surface area contributed by atoms with Crippen LogP contribution < -0.4 is 4.74 Å². The average Bonchev–Trinajstić information content (AvgIpc) is 2.85. The third kappa shape index (κ3) is 3.09. The van der Waals surface area contributed by atoms with Gasteiger partial charge in [0, 0.05) is 6.42 Å². The van der Waals surface area contributed by atoms with Crippen LogP contribution >= 0.6 is 0 Å². The van der Waals surface area contributed by atoms with Crippen molar-refractivity contribution in [3.8, 4) is 5.75 Å². The van der Waals surface area contributed by atoms with Crippen LogP contribution in [0.3, 0.4) is 0 Å². The maximum Gasteiger partial charge on any atom is 0.253 e. The first-order chi connectivity index (χ1) is 8.69. The maximum absolute atomic E-state index is 5.59. The lowest BCUT2D eigenvalue weighted by atomic mass is 10.0. The van der Waals surface area contributed by atoms with Gasteiger partial charge in [-0.25, -0.2) is 0 Å². The molecule has 4 heteroatoms. The average molecular weight is 246 g/mol. The molecule has 1 aromatic carbocycles. The van der Waals surface area contributed by atoms with Crippen LogP contribution in [0.4, 0.5) is 0 Å². The molecule has 0 fully saturated rings. The van der Waals surface area contributed by atoms with E-state index in [1.165, 1.54) is 5.56 Å². The summed E-state index contributed by atoms with van der Waals surface area (Å²) in [5, 5.41) is 7.79. The van der Waals surface area contributed by atoms with E-state index in [0.29, 0.717) is 24.3 Å². The first-order valence-electron chi connectivity index (χ1n) is 6.23. The van der Waals surface area contributed by atoms with E-state index >= 15 is 0 Å². The van der Waals surface area contributed by atoms with Crippen LogP contribution in [0.5, 0.6) is 5.75 Å². The van der Waals surface area contributed by atoms with Crippen LogP contribution in [-0.4, -0.2) is 10.2 Å². The molecular weight excluding hydrogens is 228 g/mol. The molecule has 0 saturated heterocycles. The second kappa shape index (κ2) is 5.67. The van der Waals surface area contributed by atoms with E-state index in [1.807, 2.05) is 19.1 Å². The van der Waals surface area contributed by atoms with Gasteiger partial charge >= 0.3 is 0 Å². The molecule has 0 spiro atoms. The standard InChI is InChI=1S/C14H18N2O2/c1-4-13-15-16-14(18-13)9-17-12-7-5-11(6-8-12)10(2)3/h5-8,10H,4,9H2,1-3H3. The number of nitrogens with zero attached hydrogens (tertiary/aromatic N) is 2. The molecule has 0 radical (unpaired) electrons. The Kier molecular flexibility index (Phi) is 3.97. The summed E-state index contributed by atoms with van der Waals surface area (Å²) in [6.07, 6.45) is 0.746. The van der Waals surface area contributed by atoms with Crippen LogP contribution in [0.1, 0.15) is 44.0 Å². The Morgan fingerprint density at radius 1 is 1.11 bits per heavy atom. The quantitative estimate of drug-likeness (QED) is 0.811. The van der Waals surface area contributed by atoms with E-state index in [0.717, 1.165) is 12.2 Å². The minimum Gasteiger partial charge on any atom is -0.484 e. The van der Waals surface area contributed by atoms with Crippen molar-refractivity contribution in [3.63, 3.8) is 0 Å². The molecule has 2 aromatic rings. The van der Waals surface area contributed by atoms with E-state index in [1.54, 1.807) is 0 Å². The van der Waals surface area contributed by atoms with Crippen molar-refractivity contribution in [1.29, 1.82) is 0 Å². The van der Waals surface area contributed by atoms with Gasteiger partial charge in [0.15, 0.2) is 6.61 Å². The summed E-state index contributed by atoms with van der Waals surface area (Å²) in [6.45, 7) is 6.62. The Hall–Kier alpha value is -1.84. The molecule has 0 unspecified atom stereocenters. The van der Waals surface area contributed by atoms with E-state index in [2.05, 4.69) is 36.2 Å². The number of hydrogen-bond donors (Lipinski definition) is 0. The van der Waals surface area contributed by atoms with Gasteiger partial charge < -0.3 is 9.15 Å². The van der Waals surface area contributed by atoms with Gasteiger partial charge in [-0.2, -0.15) is 0 Å². The third-order valence-corrected chi connectivity index (χ3v) is 2.72. The second-order valence-corrected chi connectivity index (χ2v) is 4.46. The Morgan fingerprint density at radius 3 is 2.33 bits per heavy atom. The van der Waals surface area contributed by atoms with Crippen molar-refractivity contribution in [1.82, 2.24) is 10.2 Å². The van der Waals surface area contributed by atoms with E-state index in [-0.39, 0.29) is 0 Å². The number of rotatable bonds is 5. The molecule has 2 rings (SSSR count). The second-order valence-electron chi connectivity index (χ2n) is 4.46. The highest BCUT2D eigenvalue weighted by molar-refractivity contribution is 5.28. The van der Waals surface area contributed by atoms with Crippen molar-refractivity contribution in [2.45, 2.75) is 39.7 Å². The lowest BCUT2D eigenvalue weighted by Crippen LogP contribution is -1.96. The first-order valence-corrected chi connectivity index (χ1v) is 6.23. The van der Waals surface area contributed by atoms with Crippen LogP contribution in [0, 0.1) is 0 Å². The van der Waals surface area contributed by atoms with Gasteiger partial charge in [-0.3, -0.25) is 0 Å². The largest absolute Gasteiger partial charge is 0.484 e. The van der Waals surface area contributed by atoms with Gasteiger partial charge in [0.25, 0.3) is 5.89 Å². The monoisotopic (exact) mass is 246 g/mol. The topological polar surface area (TPSA) is 48.2 Å². The summed E-state index contributed by atoms with van der Waals surface area (Å²) < 4.78 is 11.0. The van der Waals surface area contributed by atoms with Crippen LogP contribution in [0.15, 0.2) is 28.7 Å². The molecule has 0 bridgehead atoms. The minimum atomic E-state index is 0.314. The van der Waals surface area contributed by atoms with E-state index in [9.17, 15) is 0 Å². The number of benzene rings is 1. The zero-order valence-corrected chi connectivity index (χ0v) is 11.0. The Morgan fingerprint density at radius 2 is 1.78 bits per heavy atom. The molecule has 18 heavy (non-hydrogen) atoms. The molecule has 0 N–H and O–H groups in total. The fourth-order valence-electron chi connectivity index (χ4n) is 1.58. The maximum atomic E-state index is 5.59. The van der Waals surface area contributed by atoms with Crippen LogP contribution in [0.25, 0.3) is 0 Å². The van der Waals surface area contributed by atoms with Gasteiger partial charge in [0.1, 0.15) is 5.75 Å². The molecule has 4 nitrogen and oxygen atoms in total. The van der Waals surface area contributed by atoms with E-state index < -0.39 is 0 Å². The molecule has 0 aliphatic heterocycles. The molecule has 1 aromatic heterocycles. The van der Waals surface area contributed by atoms with E-state index in [4.69, 9.17) is 9.15 Å². The van der Waals surface area contributed by atoms with Crippen molar-refractivity contribution >= 4 is 0 Å². The van der Waals surface area contributed by atoms with Crippen LogP contribution in [0.2, 0.25) is 0 Å². The molecule has 0 aliphatic rings. The fourth-order valence-corrected chi connectivity index (χ4v) is 1.58. The molecule has 0 atom stereocenters. The highest BCUT2D eigenvalue weighted by Gasteiger charge is 2.05. The number of aryl methyl sites for hydroxylation is 1. The summed E-state index contributed by atoms with van der Waals surface area (Å²) >= 11 is 0. The number of hydrogen-bond acceptors (Lipinski definition) is 4. The number of aromatic nitrogens is 2. The van der Waals surface area contributed by atoms with Gasteiger partial charge in [0.2, 0.25) is 5.89 Å². The zero-order chi connectivity index (χ0) is 13.0. The Balaban J connectivity index is 1.93. The summed E-state index contributed by atoms with van der Waals surface area (Å²) in [5.74, 6) is 2.50. The SMILES string of the molecule is CCc1nnc(COc2ccc(C(C)C)cc2)o1. The van der Waals surface area contributed by atoms with Crippen molar-refractivity contribution in [3.05, 3.63) is 41.6 Å². The lowest BCUT2D eigenvalue weighted by molar-refractivity contribution is 0.259. The molecule has 96 valence electrons. The summed E-state index contributed by atoms with van der Waals surface area (Å²) in [5.41, 5.74) is 1.30. The Bertz CT molecular complexity index is 489. The minimum absolute atomic E-state index is 0.314. The fraction of sp³-hybridized carbons (Fsp3) is 0.429. The van der Waals surface area contributed by atoms with Gasteiger partial charge in [-0.1, -0.05) is 32.9 Å². The summed E-state index contributed by atoms with van der Waals surface area (Å²) in [7, 11) is 0. The normalized spacial score (nSPS) is 10.9. The summed E-state index contributed by atoms with van der Waals surface area (Å²) in [6, 6.07) is 8.08. The molecule has 1 heterocycles. The first kappa shape index (κ1) is 12.6. The molecule has 0 aliphatic carbocycles.